The summed E-state index contributed by atoms with van der Waals surface area (Å²) in [6, 6.07) is 6.86. The molecular formula is C22H30ClN3O4. The fourth-order valence-electron chi connectivity index (χ4n) is 3.78. The first-order chi connectivity index (χ1) is 14.1. The molecule has 0 fully saturated rings. The van der Waals surface area contributed by atoms with Crippen LogP contribution in [0.15, 0.2) is 46.8 Å². The van der Waals surface area contributed by atoms with Crippen molar-refractivity contribution in [1.29, 1.82) is 0 Å². The van der Waals surface area contributed by atoms with E-state index in [0.29, 0.717) is 47.9 Å². The zero-order valence-electron chi connectivity index (χ0n) is 18.1. The molecule has 2 rings (SSSR count). The quantitative estimate of drug-likeness (QED) is 0.616. The fraction of sp³-hybridized carbons (Fsp3) is 0.455. The summed E-state index contributed by atoms with van der Waals surface area (Å²) in [5.41, 5.74) is 1.85. The molecule has 0 aromatic heterocycles. The monoisotopic (exact) mass is 435 g/mol. The van der Waals surface area contributed by atoms with Crippen LogP contribution in [-0.2, 0) is 9.59 Å². The Morgan fingerprint density at radius 1 is 0.933 bits per heavy atom. The summed E-state index contributed by atoms with van der Waals surface area (Å²) in [4.78, 5) is 30.6. The number of hydrogen-bond acceptors (Lipinski definition) is 5. The number of halogens is 1. The lowest BCUT2D eigenvalue weighted by atomic mass is 9.78. The summed E-state index contributed by atoms with van der Waals surface area (Å²) in [6.45, 7) is 1.27. The maximum atomic E-state index is 12.4. The molecule has 0 saturated carbocycles. The van der Waals surface area contributed by atoms with E-state index in [4.69, 9.17) is 11.6 Å². The molecule has 1 aliphatic rings. The zero-order chi connectivity index (χ0) is 22.6. The van der Waals surface area contributed by atoms with Gasteiger partial charge in [0.1, 0.15) is 0 Å². The van der Waals surface area contributed by atoms with Crippen molar-refractivity contribution in [2.75, 3.05) is 48.3 Å². The highest BCUT2D eigenvalue weighted by atomic mass is 35.5. The van der Waals surface area contributed by atoms with E-state index in [1.807, 2.05) is 38.0 Å². The molecule has 1 aromatic rings. The molecule has 0 unspecified atom stereocenters. The van der Waals surface area contributed by atoms with Gasteiger partial charge in [-0.25, -0.2) is 9.59 Å². The lowest BCUT2D eigenvalue weighted by Gasteiger charge is -2.38. The maximum Gasteiger partial charge on any atom is 0.334 e. The topological polar surface area (TPSA) is 84.3 Å². The Hall–Kier alpha value is -2.35. The second-order valence-electron chi connectivity index (χ2n) is 7.95. The highest BCUT2D eigenvalue weighted by Crippen LogP contribution is 2.45. The van der Waals surface area contributed by atoms with Gasteiger partial charge in [-0.15, -0.1) is 0 Å². The number of carboxylic acid groups (broad SMARTS) is 2. The second kappa shape index (κ2) is 10.1. The summed E-state index contributed by atoms with van der Waals surface area (Å²) in [5.74, 6) is -3.21. The van der Waals surface area contributed by atoms with Gasteiger partial charge in [-0.1, -0.05) is 29.8 Å². The van der Waals surface area contributed by atoms with Crippen LogP contribution in [0.25, 0.3) is 0 Å². The minimum absolute atomic E-state index is 0.0680. The van der Waals surface area contributed by atoms with Crippen molar-refractivity contribution < 1.29 is 19.8 Å². The van der Waals surface area contributed by atoms with E-state index < -0.39 is 17.9 Å². The molecule has 0 amide bonds. The molecule has 1 aliphatic heterocycles. The lowest BCUT2D eigenvalue weighted by molar-refractivity contribution is -0.133. The number of aliphatic carboxylic acids is 2. The van der Waals surface area contributed by atoms with Crippen LogP contribution in [0.2, 0.25) is 5.02 Å². The molecule has 0 bridgehead atoms. The van der Waals surface area contributed by atoms with E-state index in [1.165, 1.54) is 0 Å². The van der Waals surface area contributed by atoms with E-state index in [1.54, 1.807) is 36.2 Å². The number of carbonyl (C=O) groups is 2. The van der Waals surface area contributed by atoms with E-state index >= 15 is 0 Å². The van der Waals surface area contributed by atoms with Crippen molar-refractivity contribution in [2.24, 2.45) is 0 Å². The van der Waals surface area contributed by atoms with Crippen molar-refractivity contribution in [3.05, 3.63) is 57.4 Å². The summed E-state index contributed by atoms with van der Waals surface area (Å²) < 4.78 is 0. The van der Waals surface area contributed by atoms with Gasteiger partial charge in [-0.2, -0.15) is 0 Å². The maximum absolute atomic E-state index is 12.4. The number of rotatable bonds is 9. The smallest absolute Gasteiger partial charge is 0.334 e. The molecule has 8 heteroatoms. The van der Waals surface area contributed by atoms with Crippen LogP contribution in [0.3, 0.4) is 0 Å². The molecule has 164 valence electrons. The largest absolute Gasteiger partial charge is 0.478 e. The molecule has 0 atom stereocenters. The number of benzene rings is 1. The van der Waals surface area contributed by atoms with Gasteiger partial charge in [0.15, 0.2) is 0 Å². The molecule has 0 aliphatic carbocycles. The molecule has 1 heterocycles. The Morgan fingerprint density at radius 2 is 1.37 bits per heavy atom. The highest BCUT2D eigenvalue weighted by Gasteiger charge is 2.41. The van der Waals surface area contributed by atoms with Crippen molar-refractivity contribution in [1.82, 2.24) is 14.7 Å². The number of hydrogen-bond donors (Lipinski definition) is 2. The summed E-state index contributed by atoms with van der Waals surface area (Å²) >= 11 is 6.42. The number of carboxylic acids is 2. The van der Waals surface area contributed by atoms with E-state index in [-0.39, 0.29) is 11.1 Å². The Bertz CT molecular complexity index is 829. The average Bonchev–Trinajstić information content (AvgIpc) is 2.65. The van der Waals surface area contributed by atoms with Crippen LogP contribution >= 0.6 is 11.6 Å². The first kappa shape index (κ1) is 23.9. The highest BCUT2D eigenvalue weighted by molar-refractivity contribution is 6.31. The molecule has 7 nitrogen and oxygen atoms in total. The van der Waals surface area contributed by atoms with Gasteiger partial charge in [-0.3, -0.25) is 0 Å². The Kier molecular flexibility index (Phi) is 8.06. The summed E-state index contributed by atoms with van der Waals surface area (Å²) in [7, 11) is 9.42. The first-order valence-corrected chi connectivity index (χ1v) is 10.1. The lowest BCUT2D eigenvalue weighted by Crippen LogP contribution is -2.36. The molecule has 30 heavy (non-hydrogen) atoms. The SMILES string of the molecule is CN(C)CCC1=C(C(=O)O)C(c2ccccc2Cl)C(C(=O)O)=C(CCN(C)C)N1C. The normalized spacial score (nSPS) is 15.5. The van der Waals surface area contributed by atoms with Crippen LogP contribution in [0.4, 0.5) is 0 Å². The number of nitrogens with zero attached hydrogens (tertiary/aromatic N) is 3. The predicted octanol–water partition coefficient (Wildman–Crippen LogP) is 2.95. The minimum Gasteiger partial charge on any atom is -0.478 e. The van der Waals surface area contributed by atoms with Gasteiger partial charge in [0.05, 0.1) is 17.1 Å². The molecule has 0 radical (unpaired) electrons. The molecule has 0 spiro atoms. The predicted molar refractivity (Wildman–Crippen MR) is 118 cm³/mol. The molecular weight excluding hydrogens is 406 g/mol. The zero-order valence-corrected chi connectivity index (χ0v) is 18.9. The molecule has 0 saturated heterocycles. The van der Waals surface area contributed by atoms with Crippen molar-refractivity contribution in [3.63, 3.8) is 0 Å². The Balaban J connectivity index is 2.79. The molecule has 1 aromatic carbocycles. The van der Waals surface area contributed by atoms with E-state index in [0.717, 1.165) is 0 Å². The van der Waals surface area contributed by atoms with Crippen LogP contribution in [0.5, 0.6) is 0 Å². The van der Waals surface area contributed by atoms with Gasteiger partial charge in [0.2, 0.25) is 0 Å². The summed E-state index contributed by atoms with van der Waals surface area (Å²) in [6.07, 6.45) is 0.953. The second-order valence-corrected chi connectivity index (χ2v) is 8.36. The van der Waals surface area contributed by atoms with Crippen molar-refractivity contribution in [2.45, 2.75) is 18.8 Å². The summed E-state index contributed by atoms with van der Waals surface area (Å²) in [5, 5.41) is 20.7. The van der Waals surface area contributed by atoms with Gasteiger partial charge in [0.25, 0.3) is 0 Å². The van der Waals surface area contributed by atoms with Crippen LogP contribution in [0.1, 0.15) is 24.3 Å². The van der Waals surface area contributed by atoms with Crippen molar-refractivity contribution >= 4 is 23.5 Å². The fourth-order valence-corrected chi connectivity index (χ4v) is 4.02. The van der Waals surface area contributed by atoms with Crippen molar-refractivity contribution in [3.8, 4) is 0 Å². The van der Waals surface area contributed by atoms with Crippen LogP contribution in [0, 0.1) is 0 Å². The van der Waals surface area contributed by atoms with Gasteiger partial charge in [0, 0.05) is 49.4 Å². The third kappa shape index (κ3) is 5.22. The third-order valence-electron chi connectivity index (χ3n) is 5.28. The molecule has 2 N–H and O–H groups in total. The Labute approximate surface area is 182 Å². The first-order valence-electron chi connectivity index (χ1n) is 9.76. The van der Waals surface area contributed by atoms with Crippen LogP contribution < -0.4 is 0 Å². The van der Waals surface area contributed by atoms with E-state index in [2.05, 4.69) is 0 Å². The third-order valence-corrected chi connectivity index (χ3v) is 5.62. The van der Waals surface area contributed by atoms with Crippen LogP contribution in [-0.4, -0.2) is 85.2 Å². The van der Waals surface area contributed by atoms with Gasteiger partial charge < -0.3 is 24.9 Å². The Morgan fingerprint density at radius 3 is 1.73 bits per heavy atom. The van der Waals surface area contributed by atoms with Gasteiger partial charge in [-0.05, 0) is 39.8 Å². The standard InChI is InChI=1S/C22H30ClN3O4/c1-24(2)12-10-16-19(21(27)28)18(14-8-6-7-9-15(14)23)20(22(29)30)17(26(16)5)11-13-25(3)4/h6-9,18H,10-13H2,1-5H3,(H,27,28)(H,29,30). The van der Waals surface area contributed by atoms with E-state index in [9.17, 15) is 19.8 Å². The minimum atomic E-state index is -1.13. The van der Waals surface area contributed by atoms with Gasteiger partial charge >= 0.3 is 11.9 Å². The average molecular weight is 436 g/mol.